The maximum absolute atomic E-state index is 11.5. The first-order chi connectivity index (χ1) is 6.74. The van der Waals surface area contributed by atoms with E-state index in [4.69, 9.17) is 5.73 Å². The van der Waals surface area contributed by atoms with Crippen molar-refractivity contribution in [2.45, 2.75) is 19.3 Å². The molecule has 1 heterocycles. The summed E-state index contributed by atoms with van der Waals surface area (Å²) in [4.78, 5) is 15.4. The van der Waals surface area contributed by atoms with Crippen LogP contribution in [0.3, 0.4) is 0 Å². The van der Waals surface area contributed by atoms with Gasteiger partial charge in [0.1, 0.15) is 11.4 Å². The molecule has 0 bridgehead atoms. The second-order valence-electron chi connectivity index (χ2n) is 3.37. The third-order valence-corrected chi connectivity index (χ3v) is 2.57. The van der Waals surface area contributed by atoms with Crippen molar-refractivity contribution >= 4 is 11.8 Å². The van der Waals surface area contributed by atoms with Crippen LogP contribution in [0.4, 0.5) is 5.82 Å². The minimum atomic E-state index is -0.381. The molecule has 0 atom stereocenters. The summed E-state index contributed by atoms with van der Waals surface area (Å²) in [7, 11) is 1.36. The first kappa shape index (κ1) is 8.99. The molecule has 0 spiro atoms. The van der Waals surface area contributed by atoms with Gasteiger partial charge in [0.05, 0.1) is 7.11 Å². The van der Waals surface area contributed by atoms with Gasteiger partial charge in [0.15, 0.2) is 0 Å². The summed E-state index contributed by atoms with van der Waals surface area (Å²) in [5, 5.41) is 0. The number of nitrogens with two attached hydrogens (primary N) is 1. The van der Waals surface area contributed by atoms with E-state index in [0.717, 1.165) is 30.4 Å². The zero-order chi connectivity index (χ0) is 10.1. The number of methoxy groups -OCH3 is 1. The first-order valence-electron chi connectivity index (χ1n) is 4.58. The highest BCUT2D eigenvalue weighted by atomic mass is 16.5. The molecule has 0 aromatic carbocycles. The Kier molecular flexibility index (Phi) is 2.11. The number of aryl methyl sites for hydroxylation is 1. The zero-order valence-corrected chi connectivity index (χ0v) is 8.04. The van der Waals surface area contributed by atoms with Gasteiger partial charge in [-0.15, -0.1) is 0 Å². The Morgan fingerprint density at radius 3 is 3.07 bits per heavy atom. The molecule has 0 fully saturated rings. The lowest BCUT2D eigenvalue weighted by atomic mass is 10.1. The van der Waals surface area contributed by atoms with E-state index in [1.165, 1.54) is 7.11 Å². The highest BCUT2D eigenvalue weighted by Gasteiger charge is 2.22. The fraction of sp³-hybridized carbons (Fsp3) is 0.400. The highest BCUT2D eigenvalue weighted by molar-refractivity contribution is 5.96. The van der Waals surface area contributed by atoms with Crippen molar-refractivity contribution in [1.29, 1.82) is 0 Å². The highest BCUT2D eigenvalue weighted by Crippen LogP contribution is 2.27. The van der Waals surface area contributed by atoms with Gasteiger partial charge >= 0.3 is 5.97 Å². The lowest BCUT2D eigenvalue weighted by molar-refractivity contribution is 0.0600. The fourth-order valence-electron chi connectivity index (χ4n) is 1.89. The quantitative estimate of drug-likeness (QED) is 0.672. The summed E-state index contributed by atoms with van der Waals surface area (Å²) < 4.78 is 4.68. The first-order valence-corrected chi connectivity index (χ1v) is 4.58. The number of hydrogen-bond donors (Lipinski definition) is 1. The predicted molar refractivity (Wildman–Crippen MR) is 52.0 cm³/mol. The van der Waals surface area contributed by atoms with Crippen LogP contribution in [-0.4, -0.2) is 18.1 Å². The number of hydrogen-bond acceptors (Lipinski definition) is 4. The molecule has 2 rings (SSSR count). The predicted octanol–water partition coefficient (Wildman–Crippen LogP) is 0.939. The molecular formula is C10H12N2O2. The van der Waals surface area contributed by atoms with Gasteiger partial charge in [-0.2, -0.15) is 0 Å². The molecule has 0 unspecified atom stereocenters. The maximum atomic E-state index is 11.5. The second kappa shape index (κ2) is 3.29. The number of nitrogen functional groups attached to an aromatic ring is 1. The van der Waals surface area contributed by atoms with E-state index in [0.29, 0.717) is 5.56 Å². The van der Waals surface area contributed by atoms with Gasteiger partial charge in [0, 0.05) is 6.20 Å². The number of aromatic nitrogens is 1. The Morgan fingerprint density at radius 1 is 1.57 bits per heavy atom. The standard InChI is InChI=1S/C10H12N2O2/c1-14-10(13)8-7-4-2-3-6(7)5-12-9(8)11/h5H,2-4H2,1H3,(H2,11,12). The molecule has 74 valence electrons. The third-order valence-electron chi connectivity index (χ3n) is 2.57. The van der Waals surface area contributed by atoms with Crippen LogP contribution in [0.2, 0.25) is 0 Å². The van der Waals surface area contributed by atoms with E-state index in [1.807, 2.05) is 0 Å². The fourth-order valence-corrected chi connectivity index (χ4v) is 1.89. The Hall–Kier alpha value is -1.58. The van der Waals surface area contributed by atoms with Gasteiger partial charge in [0.25, 0.3) is 0 Å². The van der Waals surface area contributed by atoms with Gasteiger partial charge in [-0.1, -0.05) is 0 Å². The number of carbonyl (C=O) groups excluding carboxylic acids is 1. The van der Waals surface area contributed by atoms with Crippen LogP contribution in [0, 0.1) is 0 Å². The molecule has 1 aliphatic carbocycles. The van der Waals surface area contributed by atoms with Crippen molar-refractivity contribution in [3.63, 3.8) is 0 Å². The topological polar surface area (TPSA) is 65.2 Å². The summed E-state index contributed by atoms with van der Waals surface area (Å²) in [5.74, 6) is -0.105. The molecular weight excluding hydrogens is 180 g/mol. The molecule has 0 amide bonds. The largest absolute Gasteiger partial charge is 0.465 e. The monoisotopic (exact) mass is 192 g/mol. The molecule has 0 saturated carbocycles. The van der Waals surface area contributed by atoms with Crippen molar-refractivity contribution in [3.8, 4) is 0 Å². The summed E-state index contributed by atoms with van der Waals surface area (Å²) in [6.07, 6.45) is 4.69. The minimum Gasteiger partial charge on any atom is -0.465 e. The van der Waals surface area contributed by atoms with E-state index in [-0.39, 0.29) is 11.8 Å². The Morgan fingerprint density at radius 2 is 2.36 bits per heavy atom. The molecule has 2 N–H and O–H groups in total. The number of ether oxygens (including phenoxy) is 1. The Bertz CT molecular complexity index is 388. The lowest BCUT2D eigenvalue weighted by Crippen LogP contribution is -2.11. The average Bonchev–Trinajstić information content (AvgIpc) is 2.64. The number of esters is 1. The van der Waals surface area contributed by atoms with Gasteiger partial charge < -0.3 is 10.5 Å². The van der Waals surface area contributed by atoms with Gasteiger partial charge in [0.2, 0.25) is 0 Å². The van der Waals surface area contributed by atoms with Gasteiger partial charge in [-0.25, -0.2) is 9.78 Å². The normalized spacial score (nSPS) is 13.8. The van der Waals surface area contributed by atoms with E-state index < -0.39 is 0 Å². The molecule has 1 aliphatic rings. The van der Waals surface area contributed by atoms with Crippen LogP contribution < -0.4 is 5.73 Å². The van der Waals surface area contributed by atoms with Crippen molar-refractivity contribution in [3.05, 3.63) is 22.9 Å². The number of anilines is 1. The Labute approximate surface area is 82.1 Å². The van der Waals surface area contributed by atoms with Crippen molar-refractivity contribution in [1.82, 2.24) is 4.98 Å². The molecule has 14 heavy (non-hydrogen) atoms. The molecule has 4 heteroatoms. The van der Waals surface area contributed by atoms with E-state index in [2.05, 4.69) is 9.72 Å². The van der Waals surface area contributed by atoms with Gasteiger partial charge in [-0.3, -0.25) is 0 Å². The van der Waals surface area contributed by atoms with Crippen LogP contribution in [0.1, 0.15) is 27.9 Å². The van der Waals surface area contributed by atoms with Gasteiger partial charge in [-0.05, 0) is 30.4 Å². The number of pyridine rings is 1. The van der Waals surface area contributed by atoms with E-state index in [1.54, 1.807) is 6.20 Å². The number of nitrogens with zero attached hydrogens (tertiary/aromatic N) is 1. The van der Waals surface area contributed by atoms with Crippen LogP contribution >= 0.6 is 0 Å². The number of rotatable bonds is 1. The number of carbonyl (C=O) groups is 1. The summed E-state index contributed by atoms with van der Waals surface area (Å²) >= 11 is 0. The van der Waals surface area contributed by atoms with Crippen LogP contribution in [-0.2, 0) is 17.6 Å². The number of fused-ring (bicyclic) bond motifs is 1. The Balaban J connectivity index is 2.57. The molecule has 1 aromatic heterocycles. The van der Waals surface area contributed by atoms with Crippen LogP contribution in [0.15, 0.2) is 6.20 Å². The SMILES string of the molecule is COC(=O)c1c(N)ncc2c1CCC2. The zero-order valence-electron chi connectivity index (χ0n) is 8.04. The summed E-state index contributed by atoms with van der Waals surface area (Å²) in [6.45, 7) is 0. The average molecular weight is 192 g/mol. The second-order valence-corrected chi connectivity index (χ2v) is 3.37. The smallest absolute Gasteiger partial charge is 0.341 e. The van der Waals surface area contributed by atoms with E-state index >= 15 is 0 Å². The molecule has 1 aromatic rings. The van der Waals surface area contributed by atoms with E-state index in [9.17, 15) is 4.79 Å². The summed E-state index contributed by atoms with van der Waals surface area (Å²) in [6, 6.07) is 0. The molecule has 0 aliphatic heterocycles. The van der Waals surface area contributed by atoms with Crippen molar-refractivity contribution in [2.75, 3.05) is 12.8 Å². The minimum absolute atomic E-state index is 0.275. The van der Waals surface area contributed by atoms with Crippen molar-refractivity contribution in [2.24, 2.45) is 0 Å². The molecule has 4 nitrogen and oxygen atoms in total. The third kappa shape index (κ3) is 1.23. The van der Waals surface area contributed by atoms with Crippen molar-refractivity contribution < 1.29 is 9.53 Å². The van der Waals surface area contributed by atoms with Crippen LogP contribution in [0.5, 0.6) is 0 Å². The summed E-state index contributed by atoms with van der Waals surface area (Å²) in [5.41, 5.74) is 8.26. The molecule has 0 saturated heterocycles. The molecule has 0 radical (unpaired) electrons. The maximum Gasteiger partial charge on any atom is 0.341 e. The lowest BCUT2D eigenvalue weighted by Gasteiger charge is -2.08. The van der Waals surface area contributed by atoms with Crippen LogP contribution in [0.25, 0.3) is 0 Å².